The fourth-order valence-corrected chi connectivity index (χ4v) is 3.87. The van der Waals surface area contributed by atoms with E-state index in [0.717, 1.165) is 28.3 Å². The Balaban J connectivity index is 0.000000202. The van der Waals surface area contributed by atoms with E-state index >= 15 is 0 Å². The van der Waals surface area contributed by atoms with Crippen LogP contribution in [0.15, 0.2) is 97.1 Å². The predicted octanol–water partition coefficient (Wildman–Crippen LogP) is 8.60. The van der Waals surface area contributed by atoms with E-state index in [1.165, 1.54) is 11.6 Å². The molecule has 0 aliphatic rings. The maximum atomic E-state index is 11.0. The largest absolute Gasteiger partial charge is 0.397 e. The quantitative estimate of drug-likeness (QED) is 0.139. The summed E-state index contributed by atoms with van der Waals surface area (Å²) in [6.45, 7) is 8.57. The van der Waals surface area contributed by atoms with Gasteiger partial charge in [-0.25, -0.2) is 0 Å². The van der Waals surface area contributed by atoms with Gasteiger partial charge in [-0.3, -0.25) is 10.1 Å². The van der Waals surface area contributed by atoms with Crippen LogP contribution in [0, 0.1) is 10.1 Å². The number of hydrogen-bond donors (Lipinski definition) is 3. The van der Waals surface area contributed by atoms with Gasteiger partial charge in [-0.1, -0.05) is 88.4 Å². The fraction of sp³-hybridized carbons (Fsp3) is 0.200. The third-order valence-corrected chi connectivity index (χ3v) is 5.77. The standard InChI is InChI=1S/C15H16N2O2.C15H18N2/c1-11(2)12-7-3-4-8-13(12)16-14-9-5-6-10-15(14)17(18)19;1-11(2)12-7-3-5-9-14(12)17-15-10-6-4-8-13(15)16/h3-11,16H,1-2H3;3-11,17H,16H2,1-2H3. The summed E-state index contributed by atoms with van der Waals surface area (Å²) in [5, 5.41) is 17.6. The van der Waals surface area contributed by atoms with Gasteiger partial charge in [0.1, 0.15) is 5.69 Å². The number of benzene rings is 4. The van der Waals surface area contributed by atoms with Gasteiger partial charge in [0.2, 0.25) is 0 Å². The first-order valence-corrected chi connectivity index (χ1v) is 12.1. The highest BCUT2D eigenvalue weighted by molar-refractivity contribution is 5.74. The van der Waals surface area contributed by atoms with Gasteiger partial charge in [0, 0.05) is 17.4 Å². The van der Waals surface area contributed by atoms with Gasteiger partial charge < -0.3 is 16.4 Å². The third-order valence-electron chi connectivity index (χ3n) is 5.77. The van der Waals surface area contributed by atoms with Crippen LogP contribution < -0.4 is 16.4 Å². The summed E-state index contributed by atoms with van der Waals surface area (Å²) in [7, 11) is 0. The van der Waals surface area contributed by atoms with Crippen LogP contribution in [0.4, 0.5) is 34.1 Å². The molecule has 0 aliphatic heterocycles. The lowest BCUT2D eigenvalue weighted by Crippen LogP contribution is -2.00. The number of nitro groups is 1. The molecule has 6 nitrogen and oxygen atoms in total. The summed E-state index contributed by atoms with van der Waals surface area (Å²) in [5.41, 5.74) is 12.7. The first-order chi connectivity index (χ1) is 17.3. The number of anilines is 5. The van der Waals surface area contributed by atoms with Crippen molar-refractivity contribution in [3.05, 3.63) is 118 Å². The van der Waals surface area contributed by atoms with Gasteiger partial charge in [0.05, 0.1) is 16.3 Å². The number of nitrogens with two attached hydrogens (primary N) is 1. The van der Waals surface area contributed by atoms with E-state index in [1.807, 2.05) is 54.6 Å². The first-order valence-electron chi connectivity index (χ1n) is 12.1. The van der Waals surface area contributed by atoms with Crippen molar-refractivity contribution in [1.82, 2.24) is 0 Å². The summed E-state index contributed by atoms with van der Waals surface area (Å²) >= 11 is 0. The molecular formula is C30H34N4O2. The maximum Gasteiger partial charge on any atom is 0.292 e. The second kappa shape index (κ2) is 12.4. The zero-order chi connectivity index (χ0) is 26.1. The van der Waals surface area contributed by atoms with Crippen molar-refractivity contribution in [3.8, 4) is 0 Å². The highest BCUT2D eigenvalue weighted by Crippen LogP contribution is 2.31. The maximum absolute atomic E-state index is 11.0. The number of nitro benzene ring substituents is 1. The van der Waals surface area contributed by atoms with Crippen molar-refractivity contribution in [3.63, 3.8) is 0 Å². The molecule has 0 saturated heterocycles. The summed E-state index contributed by atoms with van der Waals surface area (Å²) in [6.07, 6.45) is 0. The highest BCUT2D eigenvalue weighted by atomic mass is 16.6. The van der Waals surface area contributed by atoms with E-state index < -0.39 is 0 Å². The Morgan fingerprint density at radius 1 is 0.611 bits per heavy atom. The van der Waals surface area contributed by atoms with Crippen molar-refractivity contribution in [1.29, 1.82) is 0 Å². The van der Waals surface area contributed by atoms with Crippen LogP contribution in [0.2, 0.25) is 0 Å². The molecule has 36 heavy (non-hydrogen) atoms. The molecule has 0 saturated carbocycles. The molecule has 6 heteroatoms. The molecular weight excluding hydrogens is 448 g/mol. The number of rotatable bonds is 7. The minimum absolute atomic E-state index is 0.0843. The van der Waals surface area contributed by atoms with Crippen LogP contribution in [0.1, 0.15) is 50.7 Å². The Labute approximate surface area is 213 Å². The van der Waals surface area contributed by atoms with E-state index in [-0.39, 0.29) is 10.6 Å². The second-order valence-electron chi connectivity index (χ2n) is 9.10. The number of nitrogens with one attached hydrogen (secondary N) is 2. The average molecular weight is 483 g/mol. The molecule has 4 aromatic carbocycles. The number of nitrogen functional groups attached to an aromatic ring is 1. The Morgan fingerprint density at radius 2 is 1.00 bits per heavy atom. The summed E-state index contributed by atoms with van der Waals surface area (Å²) in [4.78, 5) is 10.6. The minimum Gasteiger partial charge on any atom is -0.397 e. The van der Waals surface area contributed by atoms with E-state index in [0.29, 0.717) is 17.5 Å². The molecule has 0 radical (unpaired) electrons. The molecule has 0 heterocycles. The van der Waals surface area contributed by atoms with Crippen LogP contribution in [-0.4, -0.2) is 4.92 Å². The van der Waals surface area contributed by atoms with Crippen molar-refractivity contribution in [2.24, 2.45) is 0 Å². The molecule has 186 valence electrons. The molecule has 0 bridgehead atoms. The molecule has 4 rings (SSSR count). The SMILES string of the molecule is CC(C)c1ccccc1Nc1ccccc1N.CC(C)c1ccccc1Nc1ccccc1[N+](=O)[O-]. The van der Waals surface area contributed by atoms with E-state index in [4.69, 9.17) is 5.73 Å². The van der Waals surface area contributed by atoms with Crippen molar-refractivity contribution in [2.75, 3.05) is 16.4 Å². The van der Waals surface area contributed by atoms with Crippen LogP contribution in [0.5, 0.6) is 0 Å². The molecule has 0 spiro atoms. The Morgan fingerprint density at radius 3 is 1.47 bits per heavy atom. The Kier molecular flexibility index (Phi) is 9.06. The molecule has 0 fully saturated rings. The van der Waals surface area contributed by atoms with Crippen LogP contribution in [-0.2, 0) is 0 Å². The number of nitrogens with zero attached hydrogens (tertiary/aromatic N) is 1. The zero-order valence-electron chi connectivity index (χ0n) is 21.2. The minimum atomic E-state index is -0.375. The summed E-state index contributed by atoms with van der Waals surface area (Å²) < 4.78 is 0. The molecule has 0 unspecified atom stereocenters. The number of para-hydroxylation sites is 6. The number of hydrogen-bond acceptors (Lipinski definition) is 5. The monoisotopic (exact) mass is 482 g/mol. The van der Waals surface area contributed by atoms with Crippen molar-refractivity contribution < 1.29 is 4.92 Å². The molecule has 0 atom stereocenters. The second-order valence-corrected chi connectivity index (χ2v) is 9.10. The fourth-order valence-electron chi connectivity index (χ4n) is 3.87. The predicted molar refractivity (Wildman–Crippen MR) is 152 cm³/mol. The molecule has 0 aliphatic carbocycles. The summed E-state index contributed by atoms with van der Waals surface area (Å²) in [6, 6.07) is 30.7. The highest BCUT2D eigenvalue weighted by Gasteiger charge is 2.14. The van der Waals surface area contributed by atoms with Crippen molar-refractivity contribution >= 4 is 34.1 Å². The van der Waals surface area contributed by atoms with Gasteiger partial charge >= 0.3 is 0 Å². The molecule has 0 amide bonds. The Bertz CT molecular complexity index is 1300. The Hall–Kier alpha value is -4.32. The van der Waals surface area contributed by atoms with Crippen molar-refractivity contribution in [2.45, 2.75) is 39.5 Å². The smallest absolute Gasteiger partial charge is 0.292 e. The lowest BCUT2D eigenvalue weighted by molar-refractivity contribution is -0.383. The average Bonchev–Trinajstić information content (AvgIpc) is 2.86. The van der Waals surface area contributed by atoms with Crippen LogP contribution >= 0.6 is 0 Å². The van der Waals surface area contributed by atoms with Gasteiger partial charge in [-0.05, 0) is 53.3 Å². The summed E-state index contributed by atoms with van der Waals surface area (Å²) in [5.74, 6) is 0.843. The van der Waals surface area contributed by atoms with E-state index in [9.17, 15) is 10.1 Å². The molecule has 4 N–H and O–H groups in total. The lowest BCUT2D eigenvalue weighted by Gasteiger charge is -2.15. The van der Waals surface area contributed by atoms with Crippen LogP contribution in [0.25, 0.3) is 0 Å². The van der Waals surface area contributed by atoms with Gasteiger partial charge in [-0.2, -0.15) is 0 Å². The first kappa shape index (κ1) is 26.3. The van der Waals surface area contributed by atoms with Gasteiger partial charge in [0.25, 0.3) is 5.69 Å². The normalized spacial score (nSPS) is 10.5. The topological polar surface area (TPSA) is 93.2 Å². The lowest BCUT2D eigenvalue weighted by atomic mass is 10.0. The third kappa shape index (κ3) is 6.85. The van der Waals surface area contributed by atoms with Crippen LogP contribution in [0.3, 0.4) is 0 Å². The zero-order valence-corrected chi connectivity index (χ0v) is 21.2. The van der Waals surface area contributed by atoms with Gasteiger partial charge in [0.15, 0.2) is 0 Å². The van der Waals surface area contributed by atoms with E-state index in [2.05, 4.69) is 56.5 Å². The van der Waals surface area contributed by atoms with Gasteiger partial charge in [-0.15, -0.1) is 0 Å². The van der Waals surface area contributed by atoms with E-state index in [1.54, 1.807) is 18.2 Å². The molecule has 4 aromatic rings. The molecule has 0 aromatic heterocycles.